The van der Waals surface area contributed by atoms with Gasteiger partial charge in [-0.25, -0.2) is 14.6 Å². The van der Waals surface area contributed by atoms with Gasteiger partial charge in [-0.2, -0.15) is 4.98 Å². The van der Waals surface area contributed by atoms with Crippen LogP contribution in [0.3, 0.4) is 0 Å². The van der Waals surface area contributed by atoms with Crippen molar-refractivity contribution in [1.82, 2.24) is 19.8 Å². The maximum Gasteiger partial charge on any atom is 0.338 e. The van der Waals surface area contributed by atoms with E-state index >= 15 is 0 Å². The number of carbonyl (C=O) groups is 2. The predicted molar refractivity (Wildman–Crippen MR) is 157 cm³/mol. The Kier molecular flexibility index (Phi) is 9.70. The van der Waals surface area contributed by atoms with Gasteiger partial charge in [0.15, 0.2) is 0 Å². The SMILES string of the molecule is CCOC(=O)c1ccc(NC(=O)N2CCC(N3CCCC(Nc4nccc(N5CCCCCC5)n4)C3)CC2)cc1. The number of benzene rings is 1. The molecule has 10 heteroatoms. The van der Waals surface area contributed by atoms with Gasteiger partial charge in [0.1, 0.15) is 5.82 Å². The van der Waals surface area contributed by atoms with Gasteiger partial charge in [0.05, 0.1) is 12.2 Å². The number of urea groups is 1. The first kappa shape index (κ1) is 28.1. The zero-order valence-electron chi connectivity index (χ0n) is 23.7. The second-order valence-corrected chi connectivity index (χ2v) is 11.1. The Morgan fingerprint density at radius 1 is 0.925 bits per heavy atom. The molecule has 2 amide bonds. The van der Waals surface area contributed by atoms with Crippen LogP contribution in [0.2, 0.25) is 0 Å². The fraction of sp³-hybridized carbons (Fsp3) is 0.600. The topological polar surface area (TPSA) is 103 Å². The minimum Gasteiger partial charge on any atom is -0.462 e. The van der Waals surface area contributed by atoms with E-state index in [2.05, 4.69) is 25.4 Å². The van der Waals surface area contributed by atoms with E-state index in [0.717, 1.165) is 76.7 Å². The average Bonchev–Trinajstić information content (AvgIpc) is 3.28. The number of likely N-dealkylation sites (tertiary alicyclic amines) is 2. The molecule has 3 aliphatic rings. The van der Waals surface area contributed by atoms with Crippen molar-refractivity contribution in [2.45, 2.75) is 70.4 Å². The van der Waals surface area contributed by atoms with Crippen LogP contribution in [-0.4, -0.2) is 89.7 Å². The summed E-state index contributed by atoms with van der Waals surface area (Å²) in [4.78, 5) is 41.0. The highest BCUT2D eigenvalue weighted by Crippen LogP contribution is 2.24. The zero-order chi connectivity index (χ0) is 27.7. The fourth-order valence-corrected chi connectivity index (χ4v) is 6.07. The summed E-state index contributed by atoms with van der Waals surface area (Å²) in [7, 11) is 0. The summed E-state index contributed by atoms with van der Waals surface area (Å²) >= 11 is 0. The van der Waals surface area contributed by atoms with Crippen LogP contribution in [-0.2, 0) is 4.74 Å². The number of piperidine rings is 2. The second-order valence-electron chi connectivity index (χ2n) is 11.1. The third kappa shape index (κ3) is 7.41. The molecule has 0 bridgehead atoms. The number of ether oxygens (including phenoxy) is 1. The number of esters is 1. The highest BCUT2D eigenvalue weighted by atomic mass is 16.5. The number of amides is 2. The summed E-state index contributed by atoms with van der Waals surface area (Å²) in [5.74, 6) is 1.41. The molecule has 4 heterocycles. The van der Waals surface area contributed by atoms with Crippen LogP contribution in [0.5, 0.6) is 0 Å². The third-order valence-electron chi connectivity index (χ3n) is 8.27. The van der Waals surface area contributed by atoms with E-state index in [9.17, 15) is 9.59 Å². The number of rotatable bonds is 7. The van der Waals surface area contributed by atoms with Crippen LogP contribution < -0.4 is 15.5 Å². The summed E-state index contributed by atoms with van der Waals surface area (Å²) in [5, 5.41) is 6.59. The normalized spacial score (nSPS) is 21.0. The molecule has 3 saturated heterocycles. The minimum atomic E-state index is -0.355. The predicted octanol–water partition coefficient (Wildman–Crippen LogP) is 4.61. The molecular formula is C30H43N7O3. The van der Waals surface area contributed by atoms with Gasteiger partial charge in [0, 0.05) is 56.7 Å². The smallest absolute Gasteiger partial charge is 0.338 e. The molecule has 0 spiro atoms. The van der Waals surface area contributed by atoms with Crippen molar-refractivity contribution >= 4 is 29.5 Å². The lowest BCUT2D eigenvalue weighted by Crippen LogP contribution is -2.52. The lowest BCUT2D eigenvalue weighted by Gasteiger charge is -2.42. The first-order chi connectivity index (χ1) is 19.6. The Bertz CT molecular complexity index is 1110. The van der Waals surface area contributed by atoms with Crippen LogP contribution in [0.1, 0.15) is 68.6 Å². The van der Waals surface area contributed by atoms with E-state index in [1.54, 1.807) is 31.2 Å². The molecule has 5 rings (SSSR count). The molecular weight excluding hydrogens is 506 g/mol. The van der Waals surface area contributed by atoms with Gasteiger partial charge in [-0.1, -0.05) is 12.8 Å². The molecule has 216 valence electrons. The van der Waals surface area contributed by atoms with Crippen LogP contribution in [0.4, 0.5) is 22.2 Å². The summed E-state index contributed by atoms with van der Waals surface area (Å²) in [5.41, 5.74) is 1.15. The quantitative estimate of drug-likeness (QED) is 0.483. The van der Waals surface area contributed by atoms with Crippen molar-refractivity contribution in [3.05, 3.63) is 42.1 Å². The molecule has 0 saturated carbocycles. The van der Waals surface area contributed by atoms with Crippen LogP contribution >= 0.6 is 0 Å². The van der Waals surface area contributed by atoms with E-state index in [1.165, 1.54) is 25.7 Å². The molecule has 0 radical (unpaired) electrons. The number of aromatic nitrogens is 2. The molecule has 40 heavy (non-hydrogen) atoms. The van der Waals surface area contributed by atoms with E-state index in [0.29, 0.717) is 29.9 Å². The molecule has 10 nitrogen and oxygen atoms in total. The van der Waals surface area contributed by atoms with Crippen molar-refractivity contribution in [3.8, 4) is 0 Å². The average molecular weight is 550 g/mol. The number of hydrogen-bond acceptors (Lipinski definition) is 8. The maximum absolute atomic E-state index is 12.9. The van der Waals surface area contributed by atoms with Crippen LogP contribution in [0, 0.1) is 0 Å². The molecule has 0 aliphatic carbocycles. The van der Waals surface area contributed by atoms with Gasteiger partial charge in [-0.3, -0.25) is 4.90 Å². The first-order valence-electron chi connectivity index (χ1n) is 15.0. The number of hydrogen-bond donors (Lipinski definition) is 2. The van der Waals surface area contributed by atoms with Crippen molar-refractivity contribution in [3.63, 3.8) is 0 Å². The first-order valence-corrected chi connectivity index (χ1v) is 15.0. The van der Waals surface area contributed by atoms with Crippen molar-refractivity contribution in [2.24, 2.45) is 0 Å². The van der Waals surface area contributed by atoms with Crippen LogP contribution in [0.25, 0.3) is 0 Å². The van der Waals surface area contributed by atoms with Crippen molar-refractivity contribution < 1.29 is 14.3 Å². The Hall–Kier alpha value is -3.40. The van der Waals surface area contributed by atoms with Gasteiger partial charge in [0.25, 0.3) is 0 Å². The third-order valence-corrected chi connectivity index (χ3v) is 8.27. The standard InChI is InChI=1S/C30H43N7O3/c1-2-40-28(38)23-9-11-24(12-10-23)33-30(39)36-20-14-26(15-21-36)37-19-7-8-25(22-37)32-29-31-16-13-27(34-29)35-17-5-3-4-6-18-35/h9-13,16,25-26H,2-8,14-15,17-22H2,1H3,(H,33,39)(H,31,32,34). The molecule has 1 unspecified atom stereocenters. The largest absolute Gasteiger partial charge is 0.462 e. The number of anilines is 3. The monoisotopic (exact) mass is 549 g/mol. The van der Waals surface area contributed by atoms with Crippen molar-refractivity contribution in [2.75, 3.05) is 61.4 Å². The zero-order valence-corrected chi connectivity index (χ0v) is 23.7. The number of nitrogens with one attached hydrogen (secondary N) is 2. The van der Waals surface area contributed by atoms with E-state index < -0.39 is 0 Å². The lowest BCUT2D eigenvalue weighted by atomic mass is 9.98. The molecule has 3 aliphatic heterocycles. The molecule has 2 N–H and O–H groups in total. The summed E-state index contributed by atoms with van der Waals surface area (Å²) in [6, 6.07) is 9.58. The Labute approximate surface area is 237 Å². The van der Waals surface area contributed by atoms with E-state index in [4.69, 9.17) is 9.72 Å². The lowest BCUT2D eigenvalue weighted by molar-refractivity contribution is 0.0526. The molecule has 3 fully saturated rings. The maximum atomic E-state index is 12.9. The van der Waals surface area contributed by atoms with Gasteiger partial charge in [-0.05, 0) is 82.3 Å². The summed E-state index contributed by atoms with van der Waals surface area (Å²) in [6.45, 7) is 7.79. The summed E-state index contributed by atoms with van der Waals surface area (Å²) < 4.78 is 5.02. The van der Waals surface area contributed by atoms with Gasteiger partial charge in [-0.15, -0.1) is 0 Å². The van der Waals surface area contributed by atoms with Gasteiger partial charge < -0.3 is 25.2 Å². The second kappa shape index (κ2) is 13.8. The number of nitrogens with zero attached hydrogens (tertiary/aromatic N) is 5. The molecule has 2 aromatic rings. The Balaban J connectivity index is 1.08. The van der Waals surface area contributed by atoms with E-state index in [-0.39, 0.29) is 12.0 Å². The van der Waals surface area contributed by atoms with Gasteiger partial charge >= 0.3 is 12.0 Å². The summed E-state index contributed by atoms with van der Waals surface area (Å²) in [6.07, 6.45) is 11.1. The Morgan fingerprint density at radius 3 is 2.40 bits per heavy atom. The molecule has 1 atom stereocenters. The number of carbonyl (C=O) groups excluding carboxylic acids is 2. The molecule has 1 aromatic carbocycles. The Morgan fingerprint density at radius 2 is 1.68 bits per heavy atom. The minimum absolute atomic E-state index is 0.0954. The van der Waals surface area contributed by atoms with E-state index in [1.807, 2.05) is 17.2 Å². The van der Waals surface area contributed by atoms with Crippen molar-refractivity contribution in [1.29, 1.82) is 0 Å². The highest BCUT2D eigenvalue weighted by Gasteiger charge is 2.30. The fourth-order valence-electron chi connectivity index (χ4n) is 6.07. The molecule has 1 aromatic heterocycles. The highest BCUT2D eigenvalue weighted by molar-refractivity contribution is 5.92. The van der Waals surface area contributed by atoms with Crippen LogP contribution in [0.15, 0.2) is 36.5 Å². The van der Waals surface area contributed by atoms with Gasteiger partial charge in [0.2, 0.25) is 5.95 Å².